The van der Waals surface area contributed by atoms with Gasteiger partial charge in [0.1, 0.15) is 23.6 Å². The highest BCUT2D eigenvalue weighted by molar-refractivity contribution is 5.91. The van der Waals surface area contributed by atoms with Crippen LogP contribution in [-0.4, -0.2) is 40.6 Å². The summed E-state index contributed by atoms with van der Waals surface area (Å²) in [6.45, 7) is 11.4. The Hall–Kier alpha value is -3.81. The number of rotatable bonds is 10. The van der Waals surface area contributed by atoms with Gasteiger partial charge >= 0.3 is 17.9 Å². The van der Waals surface area contributed by atoms with E-state index in [1.54, 1.807) is 0 Å². The van der Waals surface area contributed by atoms with Gasteiger partial charge in [0, 0.05) is 24.2 Å². The normalized spacial score (nSPS) is 11.3. The van der Waals surface area contributed by atoms with Gasteiger partial charge in [0.05, 0.1) is 7.11 Å². The van der Waals surface area contributed by atoms with Crippen LogP contribution in [0.15, 0.2) is 30.3 Å². The van der Waals surface area contributed by atoms with Gasteiger partial charge in [-0.25, -0.2) is 9.59 Å². The standard InChI is InChI=1S/C30H38N2O6/c1-8-21-18(2)26(28(34)37-17-20-12-10-9-11-13-20)31-23(21)16-24-22(14-15-25(33)36-7)19(3)27(32-24)29(35)38-30(4,5)6/h9-13,31-32H,8,14-17H2,1-7H3. The summed E-state index contributed by atoms with van der Waals surface area (Å²) < 4.78 is 16.0. The SMILES string of the molecule is CCc1c(Cc2[nH]c(C(=O)OC(C)(C)C)c(C)c2CCC(=O)OC)[nH]c(C(=O)OCc2ccccc2)c1C. The molecule has 1 aromatic carbocycles. The van der Waals surface area contributed by atoms with Crippen LogP contribution >= 0.6 is 0 Å². The number of H-pyrrole nitrogens is 2. The highest BCUT2D eigenvalue weighted by atomic mass is 16.6. The molecule has 0 aliphatic carbocycles. The highest BCUT2D eigenvalue weighted by Gasteiger charge is 2.26. The summed E-state index contributed by atoms with van der Waals surface area (Å²) in [6, 6.07) is 9.53. The van der Waals surface area contributed by atoms with Crippen LogP contribution in [0.4, 0.5) is 0 Å². The van der Waals surface area contributed by atoms with Gasteiger partial charge in [0.25, 0.3) is 0 Å². The van der Waals surface area contributed by atoms with E-state index in [0.29, 0.717) is 30.7 Å². The van der Waals surface area contributed by atoms with Crippen molar-refractivity contribution in [3.8, 4) is 0 Å². The van der Waals surface area contributed by atoms with Crippen molar-refractivity contribution < 1.29 is 28.6 Å². The molecule has 0 saturated carbocycles. The van der Waals surface area contributed by atoms with E-state index in [-0.39, 0.29) is 19.0 Å². The number of ether oxygens (including phenoxy) is 3. The molecule has 3 rings (SSSR count). The maximum atomic E-state index is 13.0. The van der Waals surface area contributed by atoms with Crippen molar-refractivity contribution in [3.05, 3.63) is 80.9 Å². The highest BCUT2D eigenvalue weighted by Crippen LogP contribution is 2.28. The number of hydrogen-bond donors (Lipinski definition) is 2. The minimum absolute atomic E-state index is 0.178. The van der Waals surface area contributed by atoms with E-state index >= 15 is 0 Å². The Morgan fingerprint density at radius 2 is 1.45 bits per heavy atom. The van der Waals surface area contributed by atoms with E-state index < -0.39 is 17.5 Å². The van der Waals surface area contributed by atoms with E-state index in [4.69, 9.17) is 14.2 Å². The van der Waals surface area contributed by atoms with E-state index in [0.717, 1.165) is 39.2 Å². The minimum Gasteiger partial charge on any atom is -0.469 e. The van der Waals surface area contributed by atoms with Gasteiger partial charge in [0.15, 0.2) is 0 Å². The van der Waals surface area contributed by atoms with Gasteiger partial charge in [-0.05, 0) is 75.3 Å². The molecule has 38 heavy (non-hydrogen) atoms. The zero-order chi connectivity index (χ0) is 28.0. The number of carbonyl (C=O) groups is 3. The lowest BCUT2D eigenvalue weighted by molar-refractivity contribution is -0.140. The molecule has 0 unspecified atom stereocenters. The molecule has 2 N–H and O–H groups in total. The summed E-state index contributed by atoms with van der Waals surface area (Å²) in [7, 11) is 1.35. The molecule has 2 aromatic heterocycles. The molecule has 8 nitrogen and oxygen atoms in total. The molecular weight excluding hydrogens is 484 g/mol. The molecule has 8 heteroatoms. The van der Waals surface area contributed by atoms with Crippen molar-refractivity contribution in [1.82, 2.24) is 9.97 Å². The second kappa shape index (κ2) is 12.2. The van der Waals surface area contributed by atoms with Crippen LogP contribution in [0.3, 0.4) is 0 Å². The van der Waals surface area contributed by atoms with Crippen LogP contribution in [0.2, 0.25) is 0 Å². The largest absolute Gasteiger partial charge is 0.469 e. The molecule has 3 aromatic rings. The maximum absolute atomic E-state index is 13.0. The second-order valence-electron chi connectivity index (χ2n) is 10.3. The molecular formula is C30H38N2O6. The average Bonchev–Trinajstić information content (AvgIpc) is 3.36. The Morgan fingerprint density at radius 1 is 0.868 bits per heavy atom. The minimum atomic E-state index is -0.651. The van der Waals surface area contributed by atoms with Crippen molar-refractivity contribution in [3.63, 3.8) is 0 Å². The smallest absolute Gasteiger partial charge is 0.355 e. The molecule has 0 aliphatic heterocycles. The number of esters is 3. The molecule has 0 aliphatic rings. The quantitative estimate of drug-likeness (QED) is 0.268. The van der Waals surface area contributed by atoms with Crippen LogP contribution in [0.25, 0.3) is 0 Å². The van der Waals surface area contributed by atoms with Crippen LogP contribution in [0.5, 0.6) is 0 Å². The zero-order valence-corrected chi connectivity index (χ0v) is 23.4. The van der Waals surface area contributed by atoms with Gasteiger partial charge in [-0.2, -0.15) is 0 Å². The summed E-state index contributed by atoms with van der Waals surface area (Å²) in [5, 5.41) is 0. The number of nitrogens with one attached hydrogen (secondary N) is 2. The lowest BCUT2D eigenvalue weighted by Gasteiger charge is -2.19. The zero-order valence-electron chi connectivity index (χ0n) is 23.4. The van der Waals surface area contributed by atoms with Crippen molar-refractivity contribution in [2.45, 2.75) is 79.4 Å². The average molecular weight is 523 g/mol. The lowest BCUT2D eigenvalue weighted by Crippen LogP contribution is -2.24. The van der Waals surface area contributed by atoms with E-state index in [2.05, 4.69) is 9.97 Å². The summed E-state index contributed by atoms with van der Waals surface area (Å²) in [6.07, 6.45) is 1.70. The molecule has 0 fully saturated rings. The molecule has 204 valence electrons. The molecule has 0 bridgehead atoms. The Bertz CT molecular complexity index is 1290. The number of aromatic nitrogens is 2. The number of methoxy groups -OCH3 is 1. The van der Waals surface area contributed by atoms with Gasteiger partial charge in [-0.1, -0.05) is 37.3 Å². The maximum Gasteiger partial charge on any atom is 0.355 e. The molecule has 0 spiro atoms. The summed E-state index contributed by atoms with van der Waals surface area (Å²) in [5.74, 6) is -1.21. The van der Waals surface area contributed by atoms with Crippen molar-refractivity contribution in [1.29, 1.82) is 0 Å². The van der Waals surface area contributed by atoms with Crippen LogP contribution in [0.1, 0.15) is 94.3 Å². The van der Waals surface area contributed by atoms with Crippen molar-refractivity contribution >= 4 is 17.9 Å². The summed E-state index contributed by atoms with van der Waals surface area (Å²) in [5.41, 5.74) is 6.13. The summed E-state index contributed by atoms with van der Waals surface area (Å²) in [4.78, 5) is 44.3. The van der Waals surface area contributed by atoms with E-state index in [1.807, 2.05) is 71.9 Å². The first-order valence-corrected chi connectivity index (χ1v) is 12.9. The van der Waals surface area contributed by atoms with E-state index in [1.165, 1.54) is 7.11 Å². The van der Waals surface area contributed by atoms with Gasteiger partial charge in [0.2, 0.25) is 0 Å². The molecule has 0 saturated heterocycles. The Labute approximate surface area is 224 Å². The predicted octanol–water partition coefficient (Wildman–Crippen LogP) is 5.53. The summed E-state index contributed by atoms with van der Waals surface area (Å²) >= 11 is 0. The van der Waals surface area contributed by atoms with Crippen molar-refractivity contribution in [2.75, 3.05) is 7.11 Å². The van der Waals surface area contributed by atoms with Gasteiger partial charge in [-0.3, -0.25) is 4.79 Å². The Kier molecular flexibility index (Phi) is 9.20. The fourth-order valence-electron chi connectivity index (χ4n) is 4.55. The van der Waals surface area contributed by atoms with Crippen LogP contribution in [0, 0.1) is 13.8 Å². The number of aromatic amines is 2. The number of benzene rings is 1. The fraction of sp³-hybridized carbons (Fsp3) is 0.433. The Balaban J connectivity index is 1.93. The number of carbonyl (C=O) groups excluding carboxylic acids is 3. The number of hydrogen-bond acceptors (Lipinski definition) is 6. The molecule has 0 atom stereocenters. The van der Waals surface area contributed by atoms with Crippen LogP contribution in [-0.2, 0) is 44.9 Å². The fourth-order valence-corrected chi connectivity index (χ4v) is 4.55. The molecule has 2 heterocycles. The predicted molar refractivity (Wildman–Crippen MR) is 144 cm³/mol. The lowest BCUT2D eigenvalue weighted by atomic mass is 9.99. The Morgan fingerprint density at radius 3 is 2.03 bits per heavy atom. The van der Waals surface area contributed by atoms with Crippen molar-refractivity contribution in [2.24, 2.45) is 0 Å². The van der Waals surface area contributed by atoms with Gasteiger partial charge in [-0.15, -0.1) is 0 Å². The third-order valence-electron chi connectivity index (χ3n) is 6.47. The molecule has 0 amide bonds. The van der Waals surface area contributed by atoms with E-state index in [9.17, 15) is 14.4 Å². The third-order valence-corrected chi connectivity index (χ3v) is 6.47. The second-order valence-corrected chi connectivity index (χ2v) is 10.3. The topological polar surface area (TPSA) is 110 Å². The molecule has 0 radical (unpaired) electrons. The third kappa shape index (κ3) is 6.94. The monoisotopic (exact) mass is 522 g/mol. The first-order valence-electron chi connectivity index (χ1n) is 12.9. The first kappa shape index (κ1) is 28.8. The van der Waals surface area contributed by atoms with Crippen LogP contribution < -0.4 is 0 Å². The van der Waals surface area contributed by atoms with Gasteiger partial charge < -0.3 is 24.2 Å². The first-order chi connectivity index (χ1) is 17.9.